The third-order valence-corrected chi connectivity index (χ3v) is 11.1. The molecule has 0 aliphatic carbocycles. The monoisotopic (exact) mass is 832 g/mol. The van der Waals surface area contributed by atoms with Crippen molar-refractivity contribution in [1.82, 2.24) is 40.8 Å². The minimum absolute atomic E-state index is 0. The van der Waals surface area contributed by atoms with E-state index in [-0.39, 0.29) is 15.5 Å². The average Bonchev–Trinajstić information content (AvgIpc) is 3.99. The van der Waals surface area contributed by atoms with Gasteiger partial charge in [-0.25, -0.2) is 19.4 Å². The van der Waals surface area contributed by atoms with E-state index in [2.05, 4.69) is 43.0 Å². The summed E-state index contributed by atoms with van der Waals surface area (Å²) < 4.78 is 11.0. The molecule has 0 fully saturated rings. The minimum Gasteiger partial charge on any atom is -0.458 e. The third kappa shape index (κ3) is 10.4. The molecule has 324 valence electrons. The molecule has 4 heterocycles. The number of rotatable bonds is 15. The summed E-state index contributed by atoms with van der Waals surface area (Å²) in [5, 5.41) is 11.2. The molecular weight excluding hydrogens is 773 g/mol. The van der Waals surface area contributed by atoms with E-state index in [1.807, 2.05) is 77.8 Å². The highest BCUT2D eigenvalue weighted by molar-refractivity contribution is 5.91. The van der Waals surface area contributed by atoms with Gasteiger partial charge in [-0.15, -0.1) is 0 Å². The zero-order valence-corrected chi connectivity index (χ0v) is 35.5. The number of carbonyl (C=O) groups excluding carboxylic acids is 4. The first kappa shape index (κ1) is 42.6. The number of carbonyl (C=O) groups is 4. The molecule has 0 spiro atoms. The number of aromatic nitrogens is 4. The van der Waals surface area contributed by atoms with Crippen LogP contribution < -0.4 is 16.0 Å². The van der Waals surface area contributed by atoms with Crippen molar-refractivity contribution >= 4 is 45.8 Å². The molecule has 0 saturated heterocycles. The number of unbranched alkanes of at least 4 members (excludes halogenated alkanes) is 1. The molecule has 3 aromatic heterocycles. The fraction of sp³-hybridized carbons (Fsp3) is 0.383. The molecule has 6 aromatic rings. The van der Waals surface area contributed by atoms with Crippen molar-refractivity contribution in [2.75, 3.05) is 13.1 Å². The topological polar surface area (TPSA) is 186 Å². The summed E-state index contributed by atoms with van der Waals surface area (Å²) in [4.78, 5) is 70.6. The van der Waals surface area contributed by atoms with Gasteiger partial charge in [0.15, 0.2) is 0 Å². The van der Waals surface area contributed by atoms with Crippen LogP contribution in [0.15, 0.2) is 91.3 Å². The lowest BCUT2D eigenvalue weighted by atomic mass is 9.88. The van der Waals surface area contributed by atoms with E-state index in [9.17, 15) is 19.2 Å². The number of esters is 1. The molecule has 1 aliphatic heterocycles. The van der Waals surface area contributed by atoms with Crippen LogP contribution in [-0.4, -0.2) is 73.6 Å². The Morgan fingerprint density at radius 3 is 2.36 bits per heavy atom. The molecule has 0 bridgehead atoms. The number of alkyl carbamates (subject to hydrolysis) is 1. The Balaban J connectivity index is 0.00000374. The highest BCUT2D eigenvalue weighted by Gasteiger charge is 2.37. The van der Waals surface area contributed by atoms with E-state index in [0.717, 1.165) is 39.7 Å². The Labute approximate surface area is 358 Å². The molecule has 4 amide bonds. The van der Waals surface area contributed by atoms with Crippen LogP contribution in [-0.2, 0) is 50.5 Å². The van der Waals surface area contributed by atoms with Gasteiger partial charge in [-0.05, 0) is 89.1 Å². The van der Waals surface area contributed by atoms with Crippen LogP contribution in [0.25, 0.3) is 21.8 Å². The second-order valence-corrected chi connectivity index (χ2v) is 17.2. The van der Waals surface area contributed by atoms with Crippen LogP contribution in [0.2, 0.25) is 0 Å². The number of imidazole rings is 1. The summed E-state index contributed by atoms with van der Waals surface area (Å²) in [6, 6.07) is 23.9. The number of fused-ring (bicyclic) bond motifs is 4. The standard InChI is InChI=1S/C47H56N8O6.2H2/c1-46(2,3)61-42(56)37(21-13-14-23-48-45(59)60-29-30-15-7-6-8-16-30)52-43(57)47(4,5)40-27-50-41(54-40)38(25-31-26-49-35-19-11-9-17-32(31)35)53-44(58)55-24-22-34-33-18-10-12-20-36(33)51-39(34)28-55;;/h6-12,15-20,26-27,37-38,49,51H,13-14,21-25,28-29H2,1-5H3,(H,48,59)(H,50,54)(H,52,57)(H,53,58);2*1H/t37-,38-;;/m1../s1. The second-order valence-electron chi connectivity index (χ2n) is 17.2. The number of para-hydroxylation sites is 2. The Morgan fingerprint density at radius 2 is 1.59 bits per heavy atom. The first-order chi connectivity index (χ1) is 29.2. The number of benzene rings is 3. The summed E-state index contributed by atoms with van der Waals surface area (Å²) in [6.45, 7) is 10.4. The average molecular weight is 833 g/mol. The van der Waals surface area contributed by atoms with Gasteiger partial charge in [0.05, 0.1) is 18.0 Å². The number of aromatic amines is 3. The molecule has 3 aromatic carbocycles. The number of amides is 4. The maximum Gasteiger partial charge on any atom is 0.407 e. The first-order valence-electron chi connectivity index (χ1n) is 21.0. The number of hydrogen-bond donors (Lipinski definition) is 6. The van der Waals surface area contributed by atoms with Gasteiger partial charge in [-0.3, -0.25) is 4.79 Å². The SMILES string of the molecule is CC(C)(C)OC(=O)[C@@H](CCCCNC(=O)OCc1ccccc1)NC(=O)C(C)(C)c1cnc([C@@H](Cc2c[nH]c3ccccc23)NC(=O)N2CCc3c([nH]c4ccccc34)C2)[nH]1.[HH].[HH]. The minimum atomic E-state index is -1.16. The predicted octanol–water partition coefficient (Wildman–Crippen LogP) is 8.12. The van der Waals surface area contributed by atoms with E-state index in [4.69, 9.17) is 14.5 Å². The normalized spacial score (nSPS) is 14.0. The Morgan fingerprint density at radius 1 is 0.869 bits per heavy atom. The van der Waals surface area contributed by atoms with Crippen LogP contribution in [0.3, 0.4) is 0 Å². The van der Waals surface area contributed by atoms with E-state index in [0.29, 0.717) is 56.8 Å². The fourth-order valence-electron chi connectivity index (χ4n) is 7.70. The van der Waals surface area contributed by atoms with E-state index >= 15 is 0 Å². The predicted molar refractivity (Wildman–Crippen MR) is 238 cm³/mol. The molecule has 7 rings (SSSR count). The molecule has 2 atom stereocenters. The molecule has 0 radical (unpaired) electrons. The van der Waals surface area contributed by atoms with Crippen molar-refractivity contribution in [2.45, 2.75) is 103 Å². The van der Waals surface area contributed by atoms with Gasteiger partial charge in [-0.2, -0.15) is 0 Å². The highest BCUT2D eigenvalue weighted by Crippen LogP contribution is 2.30. The van der Waals surface area contributed by atoms with Crippen molar-refractivity contribution in [1.29, 1.82) is 0 Å². The van der Waals surface area contributed by atoms with Gasteiger partial charge in [0.1, 0.15) is 24.1 Å². The van der Waals surface area contributed by atoms with E-state index < -0.39 is 41.1 Å². The second kappa shape index (κ2) is 18.4. The van der Waals surface area contributed by atoms with E-state index in [1.54, 1.807) is 40.8 Å². The quantitative estimate of drug-likeness (QED) is 0.0446. The molecule has 6 N–H and O–H groups in total. The molecule has 14 heteroatoms. The molecular formula is C47H60N8O6. The molecule has 61 heavy (non-hydrogen) atoms. The van der Waals surface area contributed by atoms with Crippen LogP contribution >= 0.6 is 0 Å². The largest absolute Gasteiger partial charge is 0.458 e. The lowest BCUT2D eigenvalue weighted by Gasteiger charge is -2.29. The van der Waals surface area contributed by atoms with Gasteiger partial charge in [0.25, 0.3) is 0 Å². The first-order valence-corrected chi connectivity index (χ1v) is 21.0. The van der Waals surface area contributed by atoms with E-state index in [1.165, 1.54) is 10.9 Å². The maximum absolute atomic E-state index is 14.1. The van der Waals surface area contributed by atoms with Crippen molar-refractivity contribution in [3.05, 3.63) is 125 Å². The summed E-state index contributed by atoms with van der Waals surface area (Å²) in [7, 11) is 0. The number of urea groups is 1. The number of H-pyrrole nitrogens is 3. The van der Waals surface area contributed by atoms with Gasteiger partial charge in [-0.1, -0.05) is 66.7 Å². The van der Waals surface area contributed by atoms with Crippen LogP contribution in [0.4, 0.5) is 9.59 Å². The lowest BCUT2D eigenvalue weighted by molar-refractivity contribution is -0.159. The van der Waals surface area contributed by atoms with Crippen molar-refractivity contribution in [3.8, 4) is 0 Å². The summed E-state index contributed by atoms with van der Waals surface area (Å²) in [6.07, 6.45) is 5.57. The summed E-state index contributed by atoms with van der Waals surface area (Å²) in [5.74, 6) is -0.451. The number of hydrogen-bond acceptors (Lipinski definition) is 7. The number of ether oxygens (including phenoxy) is 2. The molecule has 0 saturated carbocycles. The molecule has 0 unspecified atom stereocenters. The van der Waals surface area contributed by atoms with Crippen molar-refractivity contribution in [2.24, 2.45) is 0 Å². The number of nitrogens with one attached hydrogen (secondary N) is 6. The lowest BCUT2D eigenvalue weighted by Crippen LogP contribution is -2.50. The smallest absolute Gasteiger partial charge is 0.407 e. The summed E-state index contributed by atoms with van der Waals surface area (Å²) >= 11 is 0. The Bertz CT molecular complexity index is 2490. The maximum atomic E-state index is 14.1. The van der Waals surface area contributed by atoms with Gasteiger partial charge in [0.2, 0.25) is 5.91 Å². The molecule has 14 nitrogen and oxygen atoms in total. The molecule has 1 aliphatic rings. The van der Waals surface area contributed by atoms with Crippen LogP contribution in [0, 0.1) is 0 Å². The third-order valence-electron chi connectivity index (χ3n) is 11.1. The van der Waals surface area contributed by atoms with Crippen molar-refractivity contribution < 1.29 is 31.5 Å². The Kier molecular flexibility index (Phi) is 12.8. The Hall–Kier alpha value is -6.57. The van der Waals surface area contributed by atoms with Crippen LogP contribution in [0.1, 0.15) is 96.7 Å². The zero-order chi connectivity index (χ0) is 43.1. The van der Waals surface area contributed by atoms with Crippen LogP contribution in [0.5, 0.6) is 0 Å². The van der Waals surface area contributed by atoms with Gasteiger partial charge >= 0.3 is 18.1 Å². The fourth-order valence-corrected chi connectivity index (χ4v) is 7.70. The van der Waals surface area contributed by atoms with Gasteiger partial charge in [0, 0.05) is 68.0 Å². The number of nitrogens with zero attached hydrogens (tertiary/aromatic N) is 2. The summed E-state index contributed by atoms with van der Waals surface area (Å²) in [5.41, 5.74) is 4.80. The highest BCUT2D eigenvalue weighted by atomic mass is 16.6. The van der Waals surface area contributed by atoms with Crippen molar-refractivity contribution in [3.63, 3.8) is 0 Å². The van der Waals surface area contributed by atoms with Gasteiger partial charge < -0.3 is 45.3 Å². The zero-order valence-electron chi connectivity index (χ0n) is 35.5.